The summed E-state index contributed by atoms with van der Waals surface area (Å²) in [6, 6.07) is 6.17. The maximum Gasteiger partial charge on any atom is 0.120 e. The largest absolute Gasteiger partial charge is 0.497 e. The van der Waals surface area contributed by atoms with Gasteiger partial charge in [-0.05, 0) is 17.7 Å². The molecule has 0 aliphatic carbocycles. The summed E-state index contributed by atoms with van der Waals surface area (Å²) in [6.07, 6.45) is 0. The van der Waals surface area contributed by atoms with Gasteiger partial charge in [-0.1, -0.05) is 22.0 Å². The van der Waals surface area contributed by atoms with Gasteiger partial charge in [-0.15, -0.1) is 0 Å². The SMILES string of the molecule is COc1ccc(C2CNC2)c(Br)c1. The number of hydrogen-bond donors (Lipinski definition) is 1. The zero-order valence-corrected chi connectivity index (χ0v) is 9.10. The molecule has 0 radical (unpaired) electrons. The van der Waals surface area contributed by atoms with Crippen molar-refractivity contribution >= 4 is 15.9 Å². The van der Waals surface area contributed by atoms with E-state index < -0.39 is 0 Å². The number of halogens is 1. The monoisotopic (exact) mass is 241 g/mol. The first-order valence-electron chi connectivity index (χ1n) is 4.35. The van der Waals surface area contributed by atoms with Gasteiger partial charge in [0.1, 0.15) is 5.75 Å². The van der Waals surface area contributed by atoms with E-state index >= 15 is 0 Å². The zero-order chi connectivity index (χ0) is 9.26. The number of nitrogens with one attached hydrogen (secondary N) is 1. The van der Waals surface area contributed by atoms with E-state index in [-0.39, 0.29) is 0 Å². The molecule has 1 aliphatic rings. The lowest BCUT2D eigenvalue weighted by Gasteiger charge is -2.28. The van der Waals surface area contributed by atoms with Crippen molar-refractivity contribution in [2.45, 2.75) is 5.92 Å². The minimum atomic E-state index is 0.667. The van der Waals surface area contributed by atoms with Crippen LogP contribution in [0.4, 0.5) is 0 Å². The number of benzene rings is 1. The lowest BCUT2D eigenvalue weighted by molar-refractivity contribution is 0.412. The van der Waals surface area contributed by atoms with Crippen LogP contribution in [-0.2, 0) is 0 Å². The van der Waals surface area contributed by atoms with Gasteiger partial charge in [-0.2, -0.15) is 0 Å². The smallest absolute Gasteiger partial charge is 0.120 e. The lowest BCUT2D eigenvalue weighted by atomic mass is 9.94. The Hall–Kier alpha value is -0.540. The molecule has 1 N–H and O–H groups in total. The summed E-state index contributed by atoms with van der Waals surface area (Å²) >= 11 is 3.56. The zero-order valence-electron chi connectivity index (χ0n) is 7.51. The number of rotatable bonds is 2. The molecule has 3 heteroatoms. The average Bonchev–Trinajstić information content (AvgIpc) is 2.05. The third-order valence-corrected chi connectivity index (χ3v) is 3.12. The van der Waals surface area contributed by atoms with E-state index in [4.69, 9.17) is 4.74 Å². The van der Waals surface area contributed by atoms with Gasteiger partial charge in [0.25, 0.3) is 0 Å². The second kappa shape index (κ2) is 3.68. The highest BCUT2D eigenvalue weighted by Crippen LogP contribution is 2.30. The van der Waals surface area contributed by atoms with E-state index in [1.165, 1.54) is 5.56 Å². The van der Waals surface area contributed by atoms with Crippen LogP contribution in [0.25, 0.3) is 0 Å². The number of ether oxygens (including phenoxy) is 1. The highest BCUT2D eigenvalue weighted by molar-refractivity contribution is 9.10. The molecule has 70 valence electrons. The Bertz CT molecular complexity index is 310. The van der Waals surface area contributed by atoms with Crippen LogP contribution in [0.2, 0.25) is 0 Å². The number of hydrogen-bond acceptors (Lipinski definition) is 2. The molecule has 1 fully saturated rings. The van der Waals surface area contributed by atoms with Crippen molar-refractivity contribution in [2.75, 3.05) is 20.2 Å². The predicted octanol–water partition coefficient (Wildman–Crippen LogP) is 2.14. The highest BCUT2D eigenvalue weighted by Gasteiger charge is 2.20. The van der Waals surface area contributed by atoms with Crippen LogP contribution in [0.5, 0.6) is 5.75 Å². The summed E-state index contributed by atoms with van der Waals surface area (Å²) in [5, 5.41) is 3.26. The third-order valence-electron chi connectivity index (χ3n) is 2.43. The van der Waals surface area contributed by atoms with E-state index in [1.807, 2.05) is 12.1 Å². The molecule has 1 aromatic rings. The van der Waals surface area contributed by atoms with Gasteiger partial charge in [-0.25, -0.2) is 0 Å². The highest BCUT2D eigenvalue weighted by atomic mass is 79.9. The van der Waals surface area contributed by atoms with E-state index in [1.54, 1.807) is 7.11 Å². The van der Waals surface area contributed by atoms with Crippen molar-refractivity contribution in [1.29, 1.82) is 0 Å². The van der Waals surface area contributed by atoms with Crippen LogP contribution in [-0.4, -0.2) is 20.2 Å². The molecule has 2 rings (SSSR count). The summed E-state index contributed by atoms with van der Waals surface area (Å²) in [5.74, 6) is 1.57. The Morgan fingerprint density at radius 2 is 2.23 bits per heavy atom. The van der Waals surface area contributed by atoms with Crippen molar-refractivity contribution in [3.63, 3.8) is 0 Å². The van der Waals surface area contributed by atoms with Crippen molar-refractivity contribution in [3.8, 4) is 5.75 Å². The third kappa shape index (κ3) is 1.71. The maximum absolute atomic E-state index is 5.14. The first-order chi connectivity index (χ1) is 6.31. The second-order valence-electron chi connectivity index (χ2n) is 3.24. The van der Waals surface area contributed by atoms with Gasteiger partial charge in [0.15, 0.2) is 0 Å². The molecule has 1 heterocycles. The van der Waals surface area contributed by atoms with Gasteiger partial charge in [0.2, 0.25) is 0 Å². The molecular weight excluding hydrogens is 230 g/mol. The Labute approximate surface area is 86.4 Å². The molecule has 1 aliphatic heterocycles. The maximum atomic E-state index is 5.14. The Morgan fingerprint density at radius 3 is 2.69 bits per heavy atom. The molecule has 13 heavy (non-hydrogen) atoms. The van der Waals surface area contributed by atoms with Crippen LogP contribution >= 0.6 is 15.9 Å². The Kier molecular flexibility index (Phi) is 2.56. The molecule has 0 bridgehead atoms. The summed E-state index contributed by atoms with van der Waals surface area (Å²) < 4.78 is 6.29. The fourth-order valence-electron chi connectivity index (χ4n) is 1.47. The van der Waals surface area contributed by atoms with E-state index in [9.17, 15) is 0 Å². The van der Waals surface area contributed by atoms with Crippen LogP contribution in [0, 0.1) is 0 Å². The molecule has 1 saturated heterocycles. The normalized spacial score (nSPS) is 16.8. The van der Waals surface area contributed by atoms with Crippen LogP contribution < -0.4 is 10.1 Å². The van der Waals surface area contributed by atoms with Gasteiger partial charge in [0.05, 0.1) is 7.11 Å². The van der Waals surface area contributed by atoms with E-state index in [0.717, 1.165) is 23.3 Å². The van der Waals surface area contributed by atoms with Crippen molar-refractivity contribution in [2.24, 2.45) is 0 Å². The Morgan fingerprint density at radius 1 is 1.46 bits per heavy atom. The van der Waals surface area contributed by atoms with E-state index in [0.29, 0.717) is 5.92 Å². The van der Waals surface area contributed by atoms with Crippen LogP contribution in [0.15, 0.2) is 22.7 Å². The minimum absolute atomic E-state index is 0.667. The summed E-state index contributed by atoms with van der Waals surface area (Å²) in [7, 11) is 1.69. The predicted molar refractivity (Wildman–Crippen MR) is 56.3 cm³/mol. The van der Waals surface area contributed by atoms with Gasteiger partial charge in [0, 0.05) is 23.5 Å². The summed E-state index contributed by atoms with van der Waals surface area (Å²) in [4.78, 5) is 0. The first-order valence-corrected chi connectivity index (χ1v) is 5.14. The molecule has 2 nitrogen and oxygen atoms in total. The van der Waals surface area contributed by atoms with Gasteiger partial charge in [-0.3, -0.25) is 0 Å². The lowest BCUT2D eigenvalue weighted by Crippen LogP contribution is -2.40. The molecule has 1 aromatic carbocycles. The van der Waals surface area contributed by atoms with Gasteiger partial charge < -0.3 is 10.1 Å². The molecular formula is C10H12BrNO. The molecule has 0 atom stereocenters. The standard InChI is InChI=1S/C10H12BrNO/c1-13-8-2-3-9(10(11)4-8)7-5-12-6-7/h2-4,7,12H,5-6H2,1H3. The molecule has 0 spiro atoms. The topological polar surface area (TPSA) is 21.3 Å². The molecule has 0 unspecified atom stereocenters. The number of methoxy groups -OCH3 is 1. The average molecular weight is 242 g/mol. The molecule has 0 amide bonds. The van der Waals surface area contributed by atoms with Crippen molar-refractivity contribution in [1.82, 2.24) is 5.32 Å². The fourth-order valence-corrected chi connectivity index (χ4v) is 2.16. The Balaban J connectivity index is 2.26. The van der Waals surface area contributed by atoms with E-state index in [2.05, 4.69) is 27.3 Å². The first kappa shape index (κ1) is 9.03. The summed E-state index contributed by atoms with van der Waals surface area (Å²) in [5.41, 5.74) is 1.37. The fraction of sp³-hybridized carbons (Fsp3) is 0.400. The second-order valence-corrected chi connectivity index (χ2v) is 4.10. The molecule has 0 aromatic heterocycles. The van der Waals surface area contributed by atoms with Crippen molar-refractivity contribution in [3.05, 3.63) is 28.2 Å². The van der Waals surface area contributed by atoms with Crippen molar-refractivity contribution < 1.29 is 4.74 Å². The summed E-state index contributed by atoms with van der Waals surface area (Å²) in [6.45, 7) is 2.18. The minimum Gasteiger partial charge on any atom is -0.497 e. The molecule has 0 saturated carbocycles. The van der Waals surface area contributed by atoms with Crippen LogP contribution in [0.1, 0.15) is 11.5 Å². The van der Waals surface area contributed by atoms with Crippen LogP contribution in [0.3, 0.4) is 0 Å². The van der Waals surface area contributed by atoms with Gasteiger partial charge >= 0.3 is 0 Å². The quantitative estimate of drug-likeness (QED) is 0.857.